The average molecular weight is 379 g/mol. The number of thioether (sulfide) groups is 1. The minimum atomic E-state index is -1.04. The summed E-state index contributed by atoms with van der Waals surface area (Å²) in [4.78, 5) is 23.6. The first-order chi connectivity index (χ1) is 13.1. The molecule has 0 aromatic heterocycles. The smallest absolute Gasteiger partial charge is 0.344 e. The molecule has 1 fully saturated rings. The zero-order chi connectivity index (χ0) is 18.8. The van der Waals surface area contributed by atoms with Crippen molar-refractivity contribution in [2.45, 2.75) is 11.4 Å². The van der Waals surface area contributed by atoms with Gasteiger partial charge in [-0.25, -0.2) is 4.79 Å². The van der Waals surface area contributed by atoms with Gasteiger partial charge in [-0.2, -0.15) is 0 Å². The second-order valence-corrected chi connectivity index (χ2v) is 7.53. The fourth-order valence-electron chi connectivity index (χ4n) is 3.17. The van der Waals surface area contributed by atoms with E-state index in [1.165, 1.54) is 0 Å². The summed E-state index contributed by atoms with van der Waals surface area (Å²) in [6.07, 6.45) is 0. The molecular formula is C21H17NO4S. The Bertz CT molecular complexity index is 997. The van der Waals surface area contributed by atoms with Crippen molar-refractivity contribution in [3.8, 4) is 5.75 Å². The van der Waals surface area contributed by atoms with Crippen LogP contribution < -0.4 is 15.2 Å². The number of hydrogen-bond acceptors (Lipinski definition) is 5. The number of quaternary nitrogens is 1. The molecule has 1 aliphatic rings. The number of carboxylic acids is 1. The third kappa shape index (κ3) is 3.67. The van der Waals surface area contributed by atoms with Crippen LogP contribution in [-0.2, 0) is 4.79 Å². The summed E-state index contributed by atoms with van der Waals surface area (Å²) in [7, 11) is 0. The first-order valence-corrected chi connectivity index (χ1v) is 9.64. The number of ether oxygens (including phenoxy) is 1. The second-order valence-electron chi connectivity index (χ2n) is 6.36. The SMILES string of the molecule is O=C(Oc1ccc([C@@H]2[NH2+][C@@H](C(=O)[O-])CS2)cc1)c1cccc2ccccc12. The number of nitrogens with two attached hydrogens (primary N) is 1. The van der Waals surface area contributed by atoms with Crippen molar-refractivity contribution < 1.29 is 24.7 Å². The van der Waals surface area contributed by atoms with Crippen LogP contribution in [0.1, 0.15) is 21.3 Å². The van der Waals surface area contributed by atoms with Gasteiger partial charge >= 0.3 is 5.97 Å². The maximum Gasteiger partial charge on any atom is 0.344 e. The molecule has 0 amide bonds. The third-order valence-electron chi connectivity index (χ3n) is 4.59. The van der Waals surface area contributed by atoms with Crippen molar-refractivity contribution in [3.63, 3.8) is 0 Å². The Hall–Kier alpha value is -2.83. The maximum atomic E-state index is 12.6. The van der Waals surface area contributed by atoms with E-state index in [0.29, 0.717) is 17.1 Å². The van der Waals surface area contributed by atoms with Crippen LogP contribution in [0.3, 0.4) is 0 Å². The van der Waals surface area contributed by atoms with Gasteiger partial charge in [0.25, 0.3) is 0 Å². The molecule has 0 unspecified atom stereocenters. The van der Waals surface area contributed by atoms with Gasteiger partial charge in [0.1, 0.15) is 17.8 Å². The van der Waals surface area contributed by atoms with Gasteiger partial charge in [0.05, 0.1) is 11.3 Å². The fourth-order valence-corrected chi connectivity index (χ4v) is 4.49. The van der Waals surface area contributed by atoms with Crippen LogP contribution in [0.25, 0.3) is 10.8 Å². The molecule has 0 aliphatic carbocycles. The Kier molecular flexibility index (Phi) is 4.83. The number of carbonyl (C=O) groups excluding carboxylic acids is 2. The summed E-state index contributed by atoms with van der Waals surface area (Å²) in [5, 5.41) is 14.6. The highest BCUT2D eigenvalue weighted by molar-refractivity contribution is 7.99. The lowest BCUT2D eigenvalue weighted by molar-refractivity contribution is -0.690. The molecule has 1 heterocycles. The third-order valence-corrected chi connectivity index (χ3v) is 5.93. The van der Waals surface area contributed by atoms with Crippen molar-refractivity contribution in [1.82, 2.24) is 0 Å². The molecule has 2 atom stereocenters. The number of carboxylic acid groups (broad SMARTS) is 1. The van der Waals surface area contributed by atoms with Crippen LogP contribution in [0.5, 0.6) is 5.75 Å². The van der Waals surface area contributed by atoms with E-state index in [1.807, 2.05) is 48.5 Å². The quantitative estimate of drug-likeness (QED) is 0.549. The Morgan fingerprint density at radius 2 is 1.74 bits per heavy atom. The van der Waals surface area contributed by atoms with Crippen LogP contribution in [0.2, 0.25) is 0 Å². The van der Waals surface area contributed by atoms with E-state index in [-0.39, 0.29) is 5.37 Å². The van der Waals surface area contributed by atoms with Crippen molar-refractivity contribution in [2.75, 3.05) is 5.75 Å². The Morgan fingerprint density at radius 3 is 2.48 bits per heavy atom. The number of fused-ring (bicyclic) bond motifs is 1. The van der Waals surface area contributed by atoms with Crippen LogP contribution in [0.4, 0.5) is 0 Å². The van der Waals surface area contributed by atoms with Crippen LogP contribution >= 0.6 is 11.8 Å². The largest absolute Gasteiger partial charge is 0.544 e. The van der Waals surface area contributed by atoms with Gasteiger partial charge in [-0.1, -0.05) is 48.2 Å². The minimum absolute atomic E-state index is 0.00992. The van der Waals surface area contributed by atoms with Gasteiger partial charge in [0.2, 0.25) is 0 Å². The summed E-state index contributed by atoms with van der Waals surface area (Å²) in [5.74, 6) is -0.467. The molecule has 1 saturated heterocycles. The first-order valence-electron chi connectivity index (χ1n) is 8.59. The van der Waals surface area contributed by atoms with Gasteiger partial charge in [0.15, 0.2) is 5.37 Å². The normalized spacial score (nSPS) is 19.1. The highest BCUT2D eigenvalue weighted by Crippen LogP contribution is 2.28. The van der Waals surface area contributed by atoms with Crippen LogP contribution in [0, 0.1) is 0 Å². The molecule has 27 heavy (non-hydrogen) atoms. The number of hydrogen-bond donors (Lipinski definition) is 1. The van der Waals surface area contributed by atoms with Gasteiger partial charge in [-0.05, 0) is 41.1 Å². The standard InChI is InChI=1S/C21H17NO4S/c23-20(24)18-12-27-19(22-18)14-8-10-15(11-9-14)26-21(25)17-7-3-5-13-4-1-2-6-16(13)17/h1-11,18-19,22H,12H2,(H,23,24)/t18-,19-/m1/s1. The van der Waals surface area contributed by atoms with E-state index in [0.717, 1.165) is 16.3 Å². The van der Waals surface area contributed by atoms with Gasteiger partial charge in [-0.3, -0.25) is 0 Å². The van der Waals surface area contributed by atoms with Gasteiger partial charge < -0.3 is 20.0 Å². The number of esters is 1. The van der Waals surface area contributed by atoms with Crippen molar-refractivity contribution >= 4 is 34.5 Å². The van der Waals surface area contributed by atoms with Crippen molar-refractivity contribution in [1.29, 1.82) is 0 Å². The van der Waals surface area contributed by atoms with E-state index in [4.69, 9.17) is 4.74 Å². The predicted octanol–water partition coefficient (Wildman–Crippen LogP) is 1.49. The molecule has 6 heteroatoms. The summed E-state index contributed by atoms with van der Waals surface area (Å²) in [6, 6.07) is 19.9. The fraction of sp³-hybridized carbons (Fsp3) is 0.143. The monoisotopic (exact) mass is 379 g/mol. The Morgan fingerprint density at radius 1 is 1.00 bits per heavy atom. The highest BCUT2D eigenvalue weighted by Gasteiger charge is 2.30. The molecule has 3 aromatic carbocycles. The molecule has 1 aliphatic heterocycles. The summed E-state index contributed by atoms with van der Waals surface area (Å²) in [5.41, 5.74) is 1.50. The van der Waals surface area contributed by atoms with Gasteiger partial charge in [0, 0.05) is 5.56 Å². The van der Waals surface area contributed by atoms with Crippen LogP contribution in [0.15, 0.2) is 66.7 Å². The molecule has 0 radical (unpaired) electrons. The number of rotatable bonds is 4. The molecule has 4 rings (SSSR count). The predicted molar refractivity (Wildman–Crippen MR) is 101 cm³/mol. The van der Waals surface area contributed by atoms with Crippen molar-refractivity contribution in [3.05, 3.63) is 77.9 Å². The molecule has 0 bridgehead atoms. The van der Waals surface area contributed by atoms with Crippen molar-refractivity contribution in [2.24, 2.45) is 0 Å². The lowest BCUT2D eigenvalue weighted by atomic mass is 10.0. The topological polar surface area (TPSA) is 83.0 Å². The Balaban J connectivity index is 1.48. The van der Waals surface area contributed by atoms with Gasteiger partial charge in [-0.15, -0.1) is 0 Å². The molecule has 3 aromatic rings. The average Bonchev–Trinajstić information content (AvgIpc) is 3.18. The molecule has 0 spiro atoms. The van der Waals surface area contributed by atoms with E-state index in [1.54, 1.807) is 35.3 Å². The number of benzene rings is 3. The molecule has 136 valence electrons. The highest BCUT2D eigenvalue weighted by atomic mass is 32.2. The molecule has 0 saturated carbocycles. The first kappa shape index (κ1) is 17.6. The Labute approximate surface area is 160 Å². The lowest BCUT2D eigenvalue weighted by Gasteiger charge is -2.12. The number of carbonyl (C=O) groups is 2. The van der Waals surface area contributed by atoms with E-state index < -0.39 is 18.0 Å². The molecule has 2 N–H and O–H groups in total. The van der Waals surface area contributed by atoms with E-state index >= 15 is 0 Å². The van der Waals surface area contributed by atoms with Crippen LogP contribution in [-0.4, -0.2) is 23.7 Å². The molecule has 5 nitrogen and oxygen atoms in total. The van der Waals surface area contributed by atoms with E-state index in [2.05, 4.69) is 0 Å². The number of aliphatic carboxylic acids is 1. The molecular weight excluding hydrogens is 362 g/mol. The lowest BCUT2D eigenvalue weighted by Crippen LogP contribution is -2.90. The summed E-state index contributed by atoms with van der Waals surface area (Å²) in [6.45, 7) is 0. The summed E-state index contributed by atoms with van der Waals surface area (Å²) >= 11 is 1.57. The zero-order valence-electron chi connectivity index (χ0n) is 14.3. The maximum absolute atomic E-state index is 12.6. The van der Waals surface area contributed by atoms with E-state index in [9.17, 15) is 14.7 Å². The minimum Gasteiger partial charge on any atom is -0.544 e. The summed E-state index contributed by atoms with van der Waals surface area (Å²) < 4.78 is 5.53. The zero-order valence-corrected chi connectivity index (χ0v) is 15.1. The second kappa shape index (κ2) is 7.42.